The summed E-state index contributed by atoms with van der Waals surface area (Å²) in [4.78, 5) is 12.1. The van der Waals surface area contributed by atoms with E-state index in [-0.39, 0.29) is 19.1 Å². The number of aliphatic hydroxyl groups is 1. The van der Waals surface area contributed by atoms with Crippen LogP contribution in [0.25, 0.3) is 0 Å². The molecule has 4 nitrogen and oxygen atoms in total. The molecule has 0 heterocycles. The van der Waals surface area contributed by atoms with Gasteiger partial charge in [-0.25, -0.2) is 0 Å². The fourth-order valence-electron chi connectivity index (χ4n) is 2.99. The third-order valence-corrected chi connectivity index (χ3v) is 4.46. The molecule has 1 aliphatic carbocycles. The van der Waals surface area contributed by atoms with Gasteiger partial charge in [-0.15, -0.1) is 0 Å². The molecule has 116 valence electrons. The first kappa shape index (κ1) is 16.3. The molecule has 1 saturated carbocycles. The first-order valence-electron chi connectivity index (χ1n) is 7.33. The maximum Gasteiger partial charge on any atom is 0.258 e. The Kier molecular flexibility index (Phi) is 5.65. The topological polar surface area (TPSA) is 58.6 Å². The lowest BCUT2D eigenvalue weighted by molar-refractivity contribution is -0.126. The van der Waals surface area contributed by atoms with E-state index in [4.69, 9.17) is 4.74 Å². The number of hydrogen-bond acceptors (Lipinski definition) is 3. The van der Waals surface area contributed by atoms with Crippen LogP contribution in [0.15, 0.2) is 28.7 Å². The van der Waals surface area contributed by atoms with Gasteiger partial charge in [0.15, 0.2) is 6.61 Å². The molecule has 0 saturated heterocycles. The molecule has 0 radical (unpaired) electrons. The van der Waals surface area contributed by atoms with Gasteiger partial charge in [0.2, 0.25) is 0 Å². The standard InChI is InChI=1S/C16H22BrNO3/c1-12-4-3-7-16(9-12,11-19)18-15(20)10-21-14-6-2-5-13(17)8-14/h2,5-6,8,12,19H,3-4,7,9-11H2,1H3,(H,18,20). The predicted molar refractivity (Wildman–Crippen MR) is 85.2 cm³/mol. The molecule has 1 amide bonds. The van der Waals surface area contributed by atoms with E-state index in [9.17, 15) is 9.90 Å². The second-order valence-electron chi connectivity index (χ2n) is 5.93. The smallest absolute Gasteiger partial charge is 0.258 e. The summed E-state index contributed by atoms with van der Waals surface area (Å²) in [6.07, 6.45) is 3.85. The van der Waals surface area contributed by atoms with E-state index in [0.717, 1.165) is 30.2 Å². The van der Waals surface area contributed by atoms with Crippen LogP contribution in [0.1, 0.15) is 32.6 Å². The number of rotatable bonds is 5. The Morgan fingerprint density at radius 1 is 1.57 bits per heavy atom. The number of ether oxygens (including phenoxy) is 1. The molecule has 0 spiro atoms. The zero-order valence-corrected chi connectivity index (χ0v) is 13.9. The van der Waals surface area contributed by atoms with Crippen molar-refractivity contribution >= 4 is 21.8 Å². The maximum atomic E-state index is 12.1. The second kappa shape index (κ2) is 7.27. The van der Waals surface area contributed by atoms with Crippen LogP contribution in [0.3, 0.4) is 0 Å². The zero-order chi connectivity index (χ0) is 15.3. The largest absolute Gasteiger partial charge is 0.484 e. The van der Waals surface area contributed by atoms with Crippen molar-refractivity contribution in [3.05, 3.63) is 28.7 Å². The lowest BCUT2D eigenvalue weighted by atomic mass is 9.77. The van der Waals surface area contributed by atoms with Crippen molar-refractivity contribution in [1.29, 1.82) is 0 Å². The van der Waals surface area contributed by atoms with Crippen molar-refractivity contribution in [1.82, 2.24) is 5.32 Å². The molecule has 2 unspecified atom stereocenters. The van der Waals surface area contributed by atoms with Crippen LogP contribution in [0.2, 0.25) is 0 Å². The van der Waals surface area contributed by atoms with Crippen molar-refractivity contribution in [2.24, 2.45) is 5.92 Å². The Labute approximate surface area is 134 Å². The Hall–Kier alpha value is -1.07. The van der Waals surface area contributed by atoms with Crippen LogP contribution in [-0.4, -0.2) is 29.8 Å². The van der Waals surface area contributed by atoms with E-state index in [0.29, 0.717) is 11.7 Å². The van der Waals surface area contributed by atoms with Gasteiger partial charge in [-0.2, -0.15) is 0 Å². The van der Waals surface area contributed by atoms with Crippen LogP contribution in [0, 0.1) is 5.92 Å². The van der Waals surface area contributed by atoms with Gasteiger partial charge < -0.3 is 15.2 Å². The summed E-state index contributed by atoms with van der Waals surface area (Å²) in [6.45, 7) is 2.11. The van der Waals surface area contributed by atoms with Gasteiger partial charge >= 0.3 is 0 Å². The van der Waals surface area contributed by atoms with E-state index in [1.807, 2.05) is 24.3 Å². The summed E-state index contributed by atoms with van der Waals surface area (Å²) < 4.78 is 6.39. The molecule has 2 atom stereocenters. The van der Waals surface area contributed by atoms with E-state index in [1.54, 1.807) is 0 Å². The Morgan fingerprint density at radius 3 is 3.05 bits per heavy atom. The highest BCUT2D eigenvalue weighted by Gasteiger charge is 2.35. The molecule has 2 N–H and O–H groups in total. The molecule has 0 aromatic heterocycles. The summed E-state index contributed by atoms with van der Waals surface area (Å²) in [5.74, 6) is 0.991. The summed E-state index contributed by atoms with van der Waals surface area (Å²) in [5, 5.41) is 12.6. The van der Waals surface area contributed by atoms with Crippen molar-refractivity contribution in [2.45, 2.75) is 38.1 Å². The average Bonchev–Trinajstić information content (AvgIpc) is 2.45. The summed E-state index contributed by atoms with van der Waals surface area (Å²) in [7, 11) is 0. The lowest BCUT2D eigenvalue weighted by Gasteiger charge is -2.39. The van der Waals surface area contributed by atoms with E-state index < -0.39 is 5.54 Å². The SMILES string of the molecule is CC1CCCC(CO)(NC(=O)COc2cccc(Br)c2)C1. The molecule has 1 fully saturated rings. The highest BCUT2D eigenvalue weighted by Crippen LogP contribution is 2.31. The number of benzene rings is 1. The van der Waals surface area contributed by atoms with Gasteiger partial charge in [0.1, 0.15) is 5.75 Å². The fraction of sp³-hybridized carbons (Fsp3) is 0.562. The van der Waals surface area contributed by atoms with Crippen LogP contribution in [-0.2, 0) is 4.79 Å². The van der Waals surface area contributed by atoms with Crippen LogP contribution in [0.4, 0.5) is 0 Å². The number of hydrogen-bond donors (Lipinski definition) is 2. The minimum absolute atomic E-state index is 0.0139. The molecular weight excluding hydrogens is 334 g/mol. The normalized spacial score (nSPS) is 25.4. The molecule has 5 heteroatoms. The minimum atomic E-state index is -0.477. The highest BCUT2D eigenvalue weighted by atomic mass is 79.9. The van der Waals surface area contributed by atoms with Crippen LogP contribution >= 0.6 is 15.9 Å². The molecule has 0 bridgehead atoms. The Balaban J connectivity index is 1.88. The lowest BCUT2D eigenvalue weighted by Crippen LogP contribution is -2.55. The summed E-state index contributed by atoms with van der Waals surface area (Å²) >= 11 is 3.36. The highest BCUT2D eigenvalue weighted by molar-refractivity contribution is 9.10. The molecule has 1 aromatic rings. The number of halogens is 1. The quantitative estimate of drug-likeness (QED) is 0.853. The fourth-order valence-corrected chi connectivity index (χ4v) is 3.37. The van der Waals surface area contributed by atoms with Gasteiger partial charge in [0.25, 0.3) is 5.91 Å². The summed E-state index contributed by atoms with van der Waals surface area (Å²) in [6, 6.07) is 7.38. The predicted octanol–water partition coefficient (Wildman–Crippen LogP) is 2.89. The van der Waals surface area contributed by atoms with Gasteiger partial charge in [0, 0.05) is 4.47 Å². The van der Waals surface area contributed by atoms with Crippen LogP contribution < -0.4 is 10.1 Å². The first-order valence-corrected chi connectivity index (χ1v) is 8.12. The maximum absolute atomic E-state index is 12.1. The molecule has 1 aromatic carbocycles. The number of amides is 1. The second-order valence-corrected chi connectivity index (χ2v) is 6.85. The number of carbonyl (C=O) groups excluding carboxylic acids is 1. The van der Waals surface area contributed by atoms with Gasteiger partial charge in [-0.1, -0.05) is 41.8 Å². The van der Waals surface area contributed by atoms with Crippen molar-refractivity contribution in [3.8, 4) is 5.75 Å². The van der Waals surface area contributed by atoms with Gasteiger partial charge in [-0.05, 0) is 37.0 Å². The van der Waals surface area contributed by atoms with Crippen molar-refractivity contribution < 1.29 is 14.6 Å². The van der Waals surface area contributed by atoms with E-state index in [2.05, 4.69) is 28.2 Å². The molecule has 0 aliphatic heterocycles. The number of carbonyl (C=O) groups is 1. The van der Waals surface area contributed by atoms with Crippen molar-refractivity contribution in [3.63, 3.8) is 0 Å². The summed E-state index contributed by atoms with van der Waals surface area (Å²) in [5.41, 5.74) is -0.477. The zero-order valence-electron chi connectivity index (χ0n) is 12.3. The number of aliphatic hydroxyl groups excluding tert-OH is 1. The van der Waals surface area contributed by atoms with Gasteiger partial charge in [0.05, 0.1) is 12.1 Å². The Bertz CT molecular complexity index is 494. The molecule has 1 aliphatic rings. The molecule has 2 rings (SSSR count). The monoisotopic (exact) mass is 355 g/mol. The van der Waals surface area contributed by atoms with E-state index >= 15 is 0 Å². The first-order chi connectivity index (χ1) is 10.0. The average molecular weight is 356 g/mol. The third-order valence-electron chi connectivity index (χ3n) is 3.96. The molecular formula is C16H22BrNO3. The van der Waals surface area contributed by atoms with E-state index in [1.165, 1.54) is 0 Å². The number of nitrogens with one attached hydrogen (secondary N) is 1. The van der Waals surface area contributed by atoms with Crippen LogP contribution in [0.5, 0.6) is 5.75 Å². The van der Waals surface area contributed by atoms with Gasteiger partial charge in [-0.3, -0.25) is 4.79 Å². The van der Waals surface area contributed by atoms with Crippen molar-refractivity contribution in [2.75, 3.05) is 13.2 Å². The minimum Gasteiger partial charge on any atom is -0.484 e. The Morgan fingerprint density at radius 2 is 2.38 bits per heavy atom. The third kappa shape index (κ3) is 4.71. The molecule has 21 heavy (non-hydrogen) atoms.